The summed E-state index contributed by atoms with van der Waals surface area (Å²) in [6.07, 6.45) is 1.42. The van der Waals surface area contributed by atoms with Crippen LogP contribution in [0.3, 0.4) is 0 Å². The largest absolute Gasteiger partial charge is 0.423 e. The second-order valence-electron chi connectivity index (χ2n) is 6.64. The van der Waals surface area contributed by atoms with Crippen LogP contribution in [0, 0.1) is 17.5 Å². The summed E-state index contributed by atoms with van der Waals surface area (Å²) in [5, 5.41) is 5.14. The van der Waals surface area contributed by atoms with E-state index in [0.717, 1.165) is 5.56 Å². The highest BCUT2D eigenvalue weighted by Crippen LogP contribution is 2.31. The number of hydrogen-bond donors (Lipinski definition) is 2. The number of hydrogen-bond acceptors (Lipinski definition) is 3. The summed E-state index contributed by atoms with van der Waals surface area (Å²) in [6, 6.07) is 10.4. The highest BCUT2D eigenvalue weighted by Gasteiger charge is 2.39. The molecule has 0 atom stereocenters. The van der Waals surface area contributed by atoms with Gasteiger partial charge in [0.15, 0.2) is 23.2 Å². The topological polar surface area (TPSA) is 67.4 Å². The minimum atomic E-state index is -1.65. The van der Waals surface area contributed by atoms with E-state index in [-0.39, 0.29) is 6.54 Å². The zero-order valence-corrected chi connectivity index (χ0v) is 14.9. The maximum atomic E-state index is 13.4. The second-order valence-corrected chi connectivity index (χ2v) is 6.64. The third-order valence-electron chi connectivity index (χ3n) is 4.57. The van der Waals surface area contributed by atoms with Crippen LogP contribution < -0.4 is 10.6 Å². The Balaban J connectivity index is 1.66. The number of amides is 2. The van der Waals surface area contributed by atoms with E-state index in [9.17, 15) is 22.8 Å². The van der Waals surface area contributed by atoms with E-state index in [2.05, 4.69) is 10.6 Å². The van der Waals surface area contributed by atoms with Crippen molar-refractivity contribution in [3.05, 3.63) is 71.0 Å². The lowest BCUT2D eigenvalue weighted by Crippen LogP contribution is -2.51. The SMILES string of the molecule is O=C(NCc1ccccc1)OC1(NC(=O)c2cc(F)c(F)c(F)c2)CCCC1. The van der Waals surface area contributed by atoms with Crippen molar-refractivity contribution in [1.82, 2.24) is 10.6 Å². The van der Waals surface area contributed by atoms with Gasteiger partial charge < -0.3 is 15.4 Å². The highest BCUT2D eigenvalue weighted by molar-refractivity contribution is 5.94. The number of ether oxygens (including phenoxy) is 1. The monoisotopic (exact) mass is 392 g/mol. The van der Waals surface area contributed by atoms with Gasteiger partial charge in [-0.25, -0.2) is 18.0 Å². The zero-order chi connectivity index (χ0) is 20.1. The number of benzene rings is 2. The summed E-state index contributed by atoms with van der Waals surface area (Å²) in [5.41, 5.74) is -0.795. The lowest BCUT2D eigenvalue weighted by atomic mass is 10.1. The molecular formula is C20H19F3N2O3. The quantitative estimate of drug-likeness (QED) is 0.596. The van der Waals surface area contributed by atoms with Gasteiger partial charge in [-0.1, -0.05) is 30.3 Å². The average molecular weight is 392 g/mol. The second kappa shape index (κ2) is 8.33. The molecule has 0 saturated heterocycles. The molecule has 148 valence electrons. The predicted octanol–water partition coefficient (Wildman–Crippen LogP) is 4.03. The van der Waals surface area contributed by atoms with E-state index in [1.54, 1.807) is 0 Å². The molecule has 2 N–H and O–H groups in total. The molecule has 1 saturated carbocycles. The maximum absolute atomic E-state index is 13.4. The van der Waals surface area contributed by atoms with Crippen molar-refractivity contribution in [2.75, 3.05) is 0 Å². The van der Waals surface area contributed by atoms with Gasteiger partial charge in [0.2, 0.25) is 0 Å². The van der Waals surface area contributed by atoms with E-state index < -0.39 is 40.7 Å². The summed E-state index contributed by atoms with van der Waals surface area (Å²) in [7, 11) is 0. The molecule has 0 unspecified atom stereocenters. The van der Waals surface area contributed by atoms with E-state index >= 15 is 0 Å². The molecule has 8 heteroatoms. The van der Waals surface area contributed by atoms with Crippen LogP contribution in [0.4, 0.5) is 18.0 Å². The molecule has 5 nitrogen and oxygen atoms in total. The third kappa shape index (κ3) is 4.62. The summed E-state index contributed by atoms with van der Waals surface area (Å²) in [6.45, 7) is 0.248. The molecule has 1 aliphatic carbocycles. The van der Waals surface area contributed by atoms with Crippen LogP contribution in [-0.4, -0.2) is 17.7 Å². The normalized spacial score (nSPS) is 15.1. The summed E-state index contributed by atoms with van der Waals surface area (Å²) >= 11 is 0. The number of alkyl carbamates (subject to hydrolysis) is 1. The molecule has 2 aromatic carbocycles. The summed E-state index contributed by atoms with van der Waals surface area (Å²) < 4.78 is 45.3. The van der Waals surface area contributed by atoms with Crippen molar-refractivity contribution in [2.24, 2.45) is 0 Å². The van der Waals surface area contributed by atoms with Crippen molar-refractivity contribution in [1.29, 1.82) is 0 Å². The molecule has 3 rings (SSSR count). The molecule has 0 radical (unpaired) electrons. The molecule has 0 heterocycles. The Kier molecular flexibility index (Phi) is 5.87. The van der Waals surface area contributed by atoms with Crippen LogP contribution in [0.5, 0.6) is 0 Å². The lowest BCUT2D eigenvalue weighted by molar-refractivity contribution is -0.00721. The minimum absolute atomic E-state index is 0.248. The fourth-order valence-corrected chi connectivity index (χ4v) is 3.15. The van der Waals surface area contributed by atoms with Crippen molar-refractivity contribution in [3.8, 4) is 0 Å². The molecule has 1 aliphatic rings. The van der Waals surface area contributed by atoms with Crippen LogP contribution in [0.15, 0.2) is 42.5 Å². The first-order valence-electron chi connectivity index (χ1n) is 8.86. The van der Waals surface area contributed by atoms with Gasteiger partial charge in [0, 0.05) is 24.9 Å². The van der Waals surface area contributed by atoms with Gasteiger partial charge in [-0.15, -0.1) is 0 Å². The van der Waals surface area contributed by atoms with Gasteiger partial charge >= 0.3 is 6.09 Å². The molecule has 28 heavy (non-hydrogen) atoms. The van der Waals surface area contributed by atoms with Crippen LogP contribution >= 0.6 is 0 Å². The number of halogens is 3. The Bertz CT molecular complexity index is 845. The van der Waals surface area contributed by atoms with E-state index in [0.29, 0.717) is 37.8 Å². The van der Waals surface area contributed by atoms with Crippen LogP contribution in [0.2, 0.25) is 0 Å². The lowest BCUT2D eigenvalue weighted by Gasteiger charge is -2.30. The van der Waals surface area contributed by atoms with Gasteiger partial charge in [-0.2, -0.15) is 0 Å². The smallest absolute Gasteiger partial charge is 0.409 e. The minimum Gasteiger partial charge on any atom is -0.423 e. The Morgan fingerprint density at radius 2 is 1.61 bits per heavy atom. The van der Waals surface area contributed by atoms with Gasteiger partial charge in [0.1, 0.15) is 0 Å². The van der Waals surface area contributed by atoms with Crippen molar-refractivity contribution in [2.45, 2.75) is 38.0 Å². The number of rotatable bonds is 5. The first kappa shape index (κ1) is 19.7. The Hall–Kier alpha value is -3.03. The molecule has 0 aliphatic heterocycles. The fraction of sp³-hybridized carbons (Fsp3) is 0.300. The summed E-state index contributed by atoms with van der Waals surface area (Å²) in [4.78, 5) is 24.6. The number of carbonyl (C=O) groups is 2. The van der Waals surface area contributed by atoms with Gasteiger partial charge in [0.05, 0.1) is 0 Å². The van der Waals surface area contributed by atoms with Crippen LogP contribution in [0.25, 0.3) is 0 Å². The Labute approximate surface area is 159 Å². The predicted molar refractivity (Wildman–Crippen MR) is 94.7 cm³/mol. The third-order valence-corrected chi connectivity index (χ3v) is 4.57. The van der Waals surface area contributed by atoms with Gasteiger partial charge in [-0.3, -0.25) is 4.79 Å². The van der Waals surface area contributed by atoms with Crippen molar-refractivity contribution >= 4 is 12.0 Å². The maximum Gasteiger partial charge on any atom is 0.409 e. The highest BCUT2D eigenvalue weighted by atomic mass is 19.2. The van der Waals surface area contributed by atoms with Gasteiger partial charge in [-0.05, 0) is 30.5 Å². The fourth-order valence-electron chi connectivity index (χ4n) is 3.15. The van der Waals surface area contributed by atoms with E-state index in [1.165, 1.54) is 0 Å². The van der Waals surface area contributed by atoms with Crippen molar-refractivity contribution < 1.29 is 27.5 Å². The summed E-state index contributed by atoms with van der Waals surface area (Å²) in [5.74, 6) is -5.43. The molecule has 2 aromatic rings. The Morgan fingerprint density at radius 3 is 2.21 bits per heavy atom. The Morgan fingerprint density at radius 1 is 1.00 bits per heavy atom. The van der Waals surface area contributed by atoms with E-state index in [4.69, 9.17) is 4.74 Å². The molecule has 0 aromatic heterocycles. The molecule has 1 fully saturated rings. The van der Waals surface area contributed by atoms with Crippen LogP contribution in [-0.2, 0) is 11.3 Å². The molecule has 0 spiro atoms. The molecule has 2 amide bonds. The number of carbonyl (C=O) groups excluding carboxylic acids is 2. The zero-order valence-electron chi connectivity index (χ0n) is 14.9. The van der Waals surface area contributed by atoms with Crippen LogP contribution in [0.1, 0.15) is 41.6 Å². The first-order valence-corrected chi connectivity index (χ1v) is 8.86. The average Bonchev–Trinajstić information content (AvgIpc) is 3.12. The first-order chi connectivity index (χ1) is 13.4. The van der Waals surface area contributed by atoms with E-state index in [1.807, 2.05) is 30.3 Å². The molecule has 0 bridgehead atoms. The molecular weight excluding hydrogens is 373 g/mol. The van der Waals surface area contributed by atoms with Crippen molar-refractivity contribution in [3.63, 3.8) is 0 Å². The number of nitrogens with one attached hydrogen (secondary N) is 2. The standard InChI is InChI=1S/C20H19F3N2O3/c21-15-10-14(11-16(22)17(15)23)18(26)25-20(8-4-5-9-20)28-19(27)24-12-13-6-2-1-3-7-13/h1-3,6-7,10-11H,4-5,8-9,12H2,(H,24,27)(H,25,26). The van der Waals surface area contributed by atoms with Gasteiger partial charge in [0.25, 0.3) is 5.91 Å².